The number of nitrogens with one attached hydrogen (secondary N) is 1. The molecule has 1 saturated heterocycles. The Morgan fingerprint density at radius 1 is 1.10 bits per heavy atom. The van der Waals surface area contributed by atoms with Crippen molar-refractivity contribution in [3.05, 3.63) is 23.3 Å². The first kappa shape index (κ1) is 15.1. The number of rotatable bonds is 5. The second kappa shape index (κ2) is 6.95. The number of nitrogens with zero attached hydrogens (tertiary/aromatic N) is 1. The molecule has 0 bridgehead atoms. The molecule has 1 aromatic carbocycles. The van der Waals surface area contributed by atoms with Gasteiger partial charge in [-0.05, 0) is 17.5 Å². The molecule has 20 heavy (non-hydrogen) atoms. The molecule has 1 fully saturated rings. The van der Waals surface area contributed by atoms with E-state index in [0.29, 0.717) is 5.92 Å². The molecule has 0 amide bonds. The number of benzene rings is 1. The standard InChI is InChI=1S/C16H26N2O2/c1-12(2)14-9-13(11-18-7-5-17-6-8-18)15(19-3)10-16(14)20-4/h9-10,12,17H,5-8,11H2,1-4H3. The van der Waals surface area contributed by atoms with Gasteiger partial charge < -0.3 is 14.8 Å². The minimum atomic E-state index is 0.442. The molecule has 0 saturated carbocycles. The summed E-state index contributed by atoms with van der Waals surface area (Å²) < 4.78 is 11.0. The van der Waals surface area contributed by atoms with E-state index in [-0.39, 0.29) is 0 Å². The van der Waals surface area contributed by atoms with Gasteiger partial charge in [-0.2, -0.15) is 0 Å². The first-order chi connectivity index (χ1) is 9.65. The van der Waals surface area contributed by atoms with Crippen LogP contribution in [-0.2, 0) is 6.54 Å². The first-order valence-electron chi connectivity index (χ1n) is 7.33. The lowest BCUT2D eigenvalue weighted by molar-refractivity contribution is 0.230. The maximum atomic E-state index is 5.54. The molecule has 1 aliphatic heterocycles. The van der Waals surface area contributed by atoms with Crippen LogP contribution in [0, 0.1) is 0 Å². The molecule has 1 heterocycles. The summed E-state index contributed by atoms with van der Waals surface area (Å²) in [6.45, 7) is 9.63. The van der Waals surface area contributed by atoms with Gasteiger partial charge in [0.25, 0.3) is 0 Å². The van der Waals surface area contributed by atoms with Crippen LogP contribution in [0.1, 0.15) is 30.9 Å². The zero-order chi connectivity index (χ0) is 14.5. The molecular formula is C16H26N2O2. The Hall–Kier alpha value is -1.26. The Bertz CT molecular complexity index is 440. The van der Waals surface area contributed by atoms with E-state index in [2.05, 4.69) is 30.1 Å². The van der Waals surface area contributed by atoms with E-state index in [1.165, 1.54) is 11.1 Å². The topological polar surface area (TPSA) is 33.7 Å². The van der Waals surface area contributed by atoms with E-state index in [1.807, 2.05) is 6.07 Å². The average molecular weight is 278 g/mol. The number of hydrogen-bond donors (Lipinski definition) is 1. The number of ether oxygens (including phenoxy) is 2. The van der Waals surface area contributed by atoms with Gasteiger partial charge in [-0.25, -0.2) is 0 Å². The van der Waals surface area contributed by atoms with Gasteiger partial charge in [0.15, 0.2) is 0 Å². The van der Waals surface area contributed by atoms with Gasteiger partial charge >= 0.3 is 0 Å². The molecule has 0 radical (unpaired) electrons. The Morgan fingerprint density at radius 2 is 1.75 bits per heavy atom. The highest BCUT2D eigenvalue weighted by Crippen LogP contribution is 2.34. The van der Waals surface area contributed by atoms with Crippen LogP contribution in [0.4, 0.5) is 0 Å². The summed E-state index contributed by atoms with van der Waals surface area (Å²) in [4.78, 5) is 2.46. The predicted octanol–water partition coefficient (Wildman–Crippen LogP) is 2.23. The molecule has 1 aromatic rings. The minimum absolute atomic E-state index is 0.442. The molecule has 2 rings (SSSR count). The van der Waals surface area contributed by atoms with E-state index in [9.17, 15) is 0 Å². The second-order valence-electron chi connectivity index (χ2n) is 5.59. The van der Waals surface area contributed by atoms with Crippen molar-refractivity contribution in [2.75, 3.05) is 40.4 Å². The molecule has 0 unspecified atom stereocenters. The Morgan fingerprint density at radius 3 is 2.30 bits per heavy atom. The van der Waals surface area contributed by atoms with Crippen molar-refractivity contribution < 1.29 is 9.47 Å². The lowest BCUT2D eigenvalue weighted by Crippen LogP contribution is -2.42. The molecule has 1 aliphatic rings. The fraction of sp³-hybridized carbons (Fsp3) is 0.625. The Kier molecular flexibility index (Phi) is 5.26. The molecule has 4 heteroatoms. The highest BCUT2D eigenvalue weighted by molar-refractivity contribution is 5.48. The van der Waals surface area contributed by atoms with E-state index in [4.69, 9.17) is 9.47 Å². The Labute approximate surface area is 122 Å². The zero-order valence-electron chi connectivity index (χ0n) is 13.0. The maximum Gasteiger partial charge on any atom is 0.127 e. The van der Waals surface area contributed by atoms with E-state index in [0.717, 1.165) is 44.2 Å². The van der Waals surface area contributed by atoms with Crippen LogP contribution in [-0.4, -0.2) is 45.3 Å². The highest BCUT2D eigenvalue weighted by Gasteiger charge is 2.17. The summed E-state index contributed by atoms with van der Waals surface area (Å²) in [6.07, 6.45) is 0. The highest BCUT2D eigenvalue weighted by atomic mass is 16.5. The van der Waals surface area contributed by atoms with Crippen LogP contribution in [0.15, 0.2) is 12.1 Å². The van der Waals surface area contributed by atoms with Crippen molar-refractivity contribution in [1.29, 1.82) is 0 Å². The largest absolute Gasteiger partial charge is 0.496 e. The van der Waals surface area contributed by atoms with Gasteiger partial charge in [-0.1, -0.05) is 13.8 Å². The van der Waals surface area contributed by atoms with E-state index < -0.39 is 0 Å². The zero-order valence-corrected chi connectivity index (χ0v) is 13.0. The van der Waals surface area contributed by atoms with Crippen molar-refractivity contribution in [2.45, 2.75) is 26.3 Å². The van der Waals surface area contributed by atoms with E-state index >= 15 is 0 Å². The van der Waals surface area contributed by atoms with Crippen molar-refractivity contribution in [1.82, 2.24) is 10.2 Å². The third-order valence-corrected chi connectivity index (χ3v) is 3.86. The van der Waals surface area contributed by atoms with Gasteiger partial charge in [-0.15, -0.1) is 0 Å². The molecule has 0 spiro atoms. The smallest absolute Gasteiger partial charge is 0.127 e. The normalized spacial score (nSPS) is 16.4. The predicted molar refractivity (Wildman–Crippen MR) is 81.8 cm³/mol. The summed E-state index contributed by atoms with van der Waals surface area (Å²) in [6, 6.07) is 4.26. The minimum Gasteiger partial charge on any atom is -0.496 e. The van der Waals surface area contributed by atoms with Gasteiger partial charge in [-0.3, -0.25) is 4.90 Å². The number of methoxy groups -OCH3 is 2. The third-order valence-electron chi connectivity index (χ3n) is 3.86. The summed E-state index contributed by atoms with van der Waals surface area (Å²) in [5.41, 5.74) is 2.50. The van der Waals surface area contributed by atoms with Crippen LogP contribution < -0.4 is 14.8 Å². The molecule has 4 nitrogen and oxygen atoms in total. The molecule has 112 valence electrons. The van der Waals surface area contributed by atoms with Gasteiger partial charge in [0.2, 0.25) is 0 Å². The van der Waals surface area contributed by atoms with Crippen LogP contribution in [0.25, 0.3) is 0 Å². The maximum absolute atomic E-state index is 5.54. The summed E-state index contributed by atoms with van der Waals surface area (Å²) in [5.74, 6) is 2.28. The fourth-order valence-corrected chi connectivity index (χ4v) is 2.68. The summed E-state index contributed by atoms with van der Waals surface area (Å²) in [5, 5.41) is 3.38. The van der Waals surface area contributed by atoms with Crippen molar-refractivity contribution in [3.63, 3.8) is 0 Å². The fourth-order valence-electron chi connectivity index (χ4n) is 2.68. The van der Waals surface area contributed by atoms with Gasteiger partial charge in [0.1, 0.15) is 11.5 Å². The average Bonchev–Trinajstić information content (AvgIpc) is 2.47. The van der Waals surface area contributed by atoms with Gasteiger partial charge in [0.05, 0.1) is 14.2 Å². The summed E-state index contributed by atoms with van der Waals surface area (Å²) >= 11 is 0. The quantitative estimate of drug-likeness (QED) is 0.895. The molecule has 0 aromatic heterocycles. The molecule has 0 atom stereocenters. The van der Waals surface area contributed by atoms with Crippen LogP contribution >= 0.6 is 0 Å². The molecular weight excluding hydrogens is 252 g/mol. The Balaban J connectivity index is 2.27. The molecule has 1 N–H and O–H groups in total. The van der Waals surface area contributed by atoms with Crippen LogP contribution in [0.3, 0.4) is 0 Å². The lowest BCUT2D eigenvalue weighted by Gasteiger charge is -2.28. The second-order valence-corrected chi connectivity index (χ2v) is 5.59. The van der Waals surface area contributed by atoms with Crippen molar-refractivity contribution >= 4 is 0 Å². The number of hydrogen-bond acceptors (Lipinski definition) is 4. The lowest BCUT2D eigenvalue weighted by atomic mass is 9.98. The van der Waals surface area contributed by atoms with Gasteiger partial charge in [0, 0.05) is 44.4 Å². The third kappa shape index (κ3) is 3.44. The van der Waals surface area contributed by atoms with Crippen molar-refractivity contribution in [2.24, 2.45) is 0 Å². The van der Waals surface area contributed by atoms with Crippen LogP contribution in [0.5, 0.6) is 11.5 Å². The molecule has 0 aliphatic carbocycles. The first-order valence-corrected chi connectivity index (χ1v) is 7.33. The number of piperazine rings is 1. The SMILES string of the molecule is COc1cc(OC)c(C(C)C)cc1CN1CCNCC1. The van der Waals surface area contributed by atoms with Crippen LogP contribution in [0.2, 0.25) is 0 Å². The monoisotopic (exact) mass is 278 g/mol. The van der Waals surface area contributed by atoms with E-state index in [1.54, 1.807) is 14.2 Å². The summed E-state index contributed by atoms with van der Waals surface area (Å²) in [7, 11) is 3.45. The van der Waals surface area contributed by atoms with Crippen molar-refractivity contribution in [3.8, 4) is 11.5 Å².